The number of carbonyl (C=O) groups excluding carboxylic acids is 1. The Hall–Kier alpha value is -1.74. The number of hydrogen-bond acceptors (Lipinski definition) is 5. The molecule has 9 heteroatoms. The summed E-state index contributed by atoms with van der Waals surface area (Å²) in [5, 5.41) is -0.524. The molecule has 0 aromatic carbocycles. The van der Waals surface area contributed by atoms with Crippen LogP contribution in [-0.4, -0.2) is 51.8 Å². The Kier molecular flexibility index (Phi) is 5.07. The van der Waals surface area contributed by atoms with Crippen molar-refractivity contribution >= 4 is 15.9 Å². The minimum Gasteiger partial charge on any atom is -0.332 e. The van der Waals surface area contributed by atoms with Crippen LogP contribution >= 0.6 is 0 Å². The number of amides is 1. The number of H-pyrrole nitrogens is 1. The summed E-state index contributed by atoms with van der Waals surface area (Å²) in [4.78, 5) is 34.9. The third kappa shape index (κ3) is 3.50. The Bertz CT molecular complexity index is 936. The molecule has 1 N–H and O–H groups in total. The van der Waals surface area contributed by atoms with E-state index >= 15 is 0 Å². The summed E-state index contributed by atoms with van der Waals surface area (Å²) in [6, 6.07) is -0.183. The lowest BCUT2D eigenvalue weighted by atomic mass is 10.00. The molecular formula is C19H28N4O4S. The minimum atomic E-state index is -3.41. The first-order valence-corrected chi connectivity index (χ1v) is 11.7. The number of piperidine rings is 1. The number of carbonyl (C=O) groups is 1. The Morgan fingerprint density at radius 1 is 1.18 bits per heavy atom. The molecule has 1 saturated carbocycles. The molecule has 2 fully saturated rings. The van der Waals surface area contributed by atoms with Gasteiger partial charge in [-0.3, -0.25) is 9.59 Å². The molecule has 1 aromatic heterocycles. The molecule has 3 aliphatic rings. The van der Waals surface area contributed by atoms with Crippen LogP contribution < -0.4 is 5.56 Å². The van der Waals surface area contributed by atoms with E-state index in [1.165, 1.54) is 4.31 Å². The van der Waals surface area contributed by atoms with Crippen molar-refractivity contribution in [2.75, 3.05) is 13.1 Å². The number of aromatic nitrogens is 2. The van der Waals surface area contributed by atoms with Crippen LogP contribution in [0.15, 0.2) is 4.79 Å². The van der Waals surface area contributed by atoms with Crippen LogP contribution in [0.4, 0.5) is 0 Å². The predicted octanol–water partition coefficient (Wildman–Crippen LogP) is 1.33. The molecule has 28 heavy (non-hydrogen) atoms. The number of nitrogens with zero attached hydrogens (tertiary/aromatic N) is 3. The Morgan fingerprint density at radius 2 is 1.93 bits per heavy atom. The SMILES string of the molecule is CC(C)S(=O)(=O)N1CCc2nc([C@H]3CCCCN3C(=O)C3CC3)[nH]c(=O)c2C1. The first kappa shape index (κ1) is 19.6. The number of aromatic amines is 1. The fourth-order valence-corrected chi connectivity index (χ4v) is 5.39. The van der Waals surface area contributed by atoms with Gasteiger partial charge in [0.05, 0.1) is 22.5 Å². The molecule has 154 valence electrons. The molecule has 8 nitrogen and oxygen atoms in total. The summed E-state index contributed by atoms with van der Waals surface area (Å²) >= 11 is 0. The third-order valence-corrected chi connectivity index (χ3v) is 8.26. The van der Waals surface area contributed by atoms with Gasteiger partial charge in [0.15, 0.2) is 0 Å². The van der Waals surface area contributed by atoms with Crippen molar-refractivity contribution in [3.63, 3.8) is 0 Å². The molecule has 1 amide bonds. The van der Waals surface area contributed by atoms with Gasteiger partial charge in [-0.1, -0.05) is 0 Å². The van der Waals surface area contributed by atoms with Crippen molar-refractivity contribution in [1.29, 1.82) is 0 Å². The van der Waals surface area contributed by atoms with Crippen molar-refractivity contribution in [1.82, 2.24) is 19.2 Å². The van der Waals surface area contributed by atoms with Crippen LogP contribution in [-0.2, 0) is 27.8 Å². The predicted molar refractivity (Wildman–Crippen MR) is 104 cm³/mol. The van der Waals surface area contributed by atoms with Gasteiger partial charge in [0.1, 0.15) is 5.82 Å². The topological polar surface area (TPSA) is 103 Å². The van der Waals surface area contributed by atoms with Gasteiger partial charge in [-0.15, -0.1) is 0 Å². The molecule has 1 aromatic rings. The summed E-state index contributed by atoms with van der Waals surface area (Å²) in [5.74, 6) is 0.872. The summed E-state index contributed by atoms with van der Waals surface area (Å²) < 4.78 is 26.3. The van der Waals surface area contributed by atoms with Crippen LogP contribution in [0.5, 0.6) is 0 Å². The van der Waals surface area contributed by atoms with Gasteiger partial charge in [0.25, 0.3) is 5.56 Å². The molecule has 0 spiro atoms. The first-order chi connectivity index (χ1) is 13.3. The van der Waals surface area contributed by atoms with E-state index in [2.05, 4.69) is 4.98 Å². The van der Waals surface area contributed by atoms with Gasteiger partial charge >= 0.3 is 0 Å². The molecular weight excluding hydrogens is 380 g/mol. The van der Waals surface area contributed by atoms with Crippen LogP contribution in [0.2, 0.25) is 0 Å². The fourth-order valence-electron chi connectivity index (χ4n) is 4.14. The highest BCUT2D eigenvalue weighted by atomic mass is 32.2. The normalized spacial score (nSPS) is 23.7. The van der Waals surface area contributed by atoms with Gasteiger partial charge in [0, 0.05) is 32.0 Å². The maximum atomic E-state index is 12.8. The number of likely N-dealkylation sites (tertiary alicyclic amines) is 1. The van der Waals surface area contributed by atoms with E-state index in [1.807, 2.05) is 4.90 Å². The molecule has 0 unspecified atom stereocenters. The Morgan fingerprint density at radius 3 is 2.61 bits per heavy atom. The smallest absolute Gasteiger partial charge is 0.255 e. The largest absolute Gasteiger partial charge is 0.332 e. The zero-order chi connectivity index (χ0) is 20.1. The lowest BCUT2D eigenvalue weighted by Gasteiger charge is -2.36. The minimum absolute atomic E-state index is 0.0633. The van der Waals surface area contributed by atoms with Crippen LogP contribution in [0.3, 0.4) is 0 Å². The highest BCUT2D eigenvalue weighted by Gasteiger charge is 2.39. The summed E-state index contributed by atoms with van der Waals surface area (Å²) in [6.07, 6.45) is 5.11. The monoisotopic (exact) mass is 408 g/mol. The highest BCUT2D eigenvalue weighted by Crippen LogP contribution is 2.37. The first-order valence-electron chi connectivity index (χ1n) is 10.2. The molecule has 0 bridgehead atoms. The molecule has 1 aliphatic carbocycles. The zero-order valence-electron chi connectivity index (χ0n) is 16.5. The number of nitrogens with one attached hydrogen (secondary N) is 1. The molecule has 2 aliphatic heterocycles. The standard InChI is InChI=1S/C19H28N4O4S/c1-12(2)28(26,27)22-10-8-15-14(11-22)18(24)21-17(20-15)16-5-3-4-9-23(16)19(25)13-6-7-13/h12-13,16H,3-11H2,1-2H3,(H,20,21,24)/t16-/m1/s1. The number of rotatable bonds is 4. The molecule has 4 rings (SSSR count). The third-order valence-electron chi connectivity index (χ3n) is 6.04. The van der Waals surface area contributed by atoms with Crippen molar-refractivity contribution in [2.45, 2.75) is 70.2 Å². The average Bonchev–Trinajstić information content (AvgIpc) is 3.52. The van der Waals surface area contributed by atoms with E-state index in [0.29, 0.717) is 36.6 Å². The average molecular weight is 409 g/mol. The van der Waals surface area contributed by atoms with Gasteiger partial charge in [-0.05, 0) is 46.0 Å². The number of hydrogen-bond donors (Lipinski definition) is 1. The summed E-state index contributed by atoms with van der Waals surface area (Å²) in [5.41, 5.74) is 0.807. The Labute approximate surface area is 165 Å². The quantitative estimate of drug-likeness (QED) is 0.809. The lowest BCUT2D eigenvalue weighted by molar-refractivity contribution is -0.136. The van der Waals surface area contributed by atoms with E-state index in [9.17, 15) is 18.0 Å². The molecule has 0 radical (unpaired) electrons. The lowest BCUT2D eigenvalue weighted by Crippen LogP contribution is -2.44. The summed E-state index contributed by atoms with van der Waals surface area (Å²) in [6.45, 7) is 4.39. The summed E-state index contributed by atoms with van der Waals surface area (Å²) in [7, 11) is -3.41. The Balaban J connectivity index is 1.62. The van der Waals surface area contributed by atoms with Crippen LogP contribution in [0, 0.1) is 5.92 Å². The van der Waals surface area contributed by atoms with E-state index in [-0.39, 0.29) is 30.0 Å². The van der Waals surface area contributed by atoms with E-state index < -0.39 is 15.3 Å². The van der Waals surface area contributed by atoms with Crippen LogP contribution in [0.25, 0.3) is 0 Å². The van der Waals surface area contributed by atoms with Crippen molar-refractivity contribution in [3.05, 3.63) is 27.4 Å². The molecule has 3 heterocycles. The zero-order valence-corrected chi connectivity index (χ0v) is 17.3. The highest BCUT2D eigenvalue weighted by molar-refractivity contribution is 7.89. The second kappa shape index (κ2) is 7.26. The van der Waals surface area contributed by atoms with Gasteiger partial charge in [-0.2, -0.15) is 4.31 Å². The number of sulfonamides is 1. The maximum absolute atomic E-state index is 12.8. The number of fused-ring (bicyclic) bond motifs is 1. The van der Waals surface area contributed by atoms with Crippen LogP contribution in [0.1, 0.15) is 69.1 Å². The van der Waals surface area contributed by atoms with E-state index in [1.54, 1.807) is 13.8 Å². The van der Waals surface area contributed by atoms with E-state index in [0.717, 1.165) is 32.1 Å². The molecule has 1 saturated heterocycles. The van der Waals surface area contributed by atoms with E-state index in [4.69, 9.17) is 4.98 Å². The second-order valence-corrected chi connectivity index (χ2v) is 10.9. The maximum Gasteiger partial charge on any atom is 0.255 e. The van der Waals surface area contributed by atoms with Crippen molar-refractivity contribution in [3.8, 4) is 0 Å². The van der Waals surface area contributed by atoms with Crippen molar-refractivity contribution < 1.29 is 13.2 Å². The second-order valence-electron chi connectivity index (χ2n) is 8.37. The fraction of sp³-hybridized carbons (Fsp3) is 0.737. The van der Waals surface area contributed by atoms with Gasteiger partial charge < -0.3 is 9.88 Å². The van der Waals surface area contributed by atoms with Crippen molar-refractivity contribution in [2.24, 2.45) is 5.92 Å². The van der Waals surface area contributed by atoms with Gasteiger partial charge in [-0.25, -0.2) is 13.4 Å². The molecule has 1 atom stereocenters. The van der Waals surface area contributed by atoms with Gasteiger partial charge in [0.2, 0.25) is 15.9 Å².